The van der Waals surface area contributed by atoms with Gasteiger partial charge in [0.1, 0.15) is 17.3 Å². The van der Waals surface area contributed by atoms with Crippen LogP contribution in [0, 0.1) is 0 Å². The van der Waals surface area contributed by atoms with Gasteiger partial charge >= 0.3 is 0 Å². The highest BCUT2D eigenvalue weighted by Gasteiger charge is 2.32. The van der Waals surface area contributed by atoms with Gasteiger partial charge in [0.2, 0.25) is 0 Å². The van der Waals surface area contributed by atoms with E-state index in [1.54, 1.807) is 0 Å². The summed E-state index contributed by atoms with van der Waals surface area (Å²) >= 11 is 0. The molecule has 3 rings (SSSR count). The van der Waals surface area contributed by atoms with E-state index in [-0.39, 0.29) is 5.41 Å². The van der Waals surface area contributed by atoms with Crippen molar-refractivity contribution in [1.82, 2.24) is 19.3 Å². The molecule has 0 bridgehead atoms. The third-order valence-corrected chi connectivity index (χ3v) is 4.04. The summed E-state index contributed by atoms with van der Waals surface area (Å²) in [7, 11) is 1.95. The maximum absolute atomic E-state index is 6.44. The van der Waals surface area contributed by atoms with Gasteiger partial charge in [-0.25, -0.2) is 4.98 Å². The number of hydrogen-bond acceptors (Lipinski definition) is 3. The third-order valence-electron chi connectivity index (χ3n) is 4.04. The number of imidazole rings is 1. The zero-order valence-electron chi connectivity index (χ0n) is 13.6. The van der Waals surface area contributed by atoms with Crippen LogP contribution in [0.5, 0.6) is 0 Å². The van der Waals surface area contributed by atoms with Crippen molar-refractivity contribution in [3.8, 4) is 11.3 Å². The van der Waals surface area contributed by atoms with Gasteiger partial charge in [-0.05, 0) is 12.8 Å². The second-order valence-corrected chi connectivity index (χ2v) is 7.03. The van der Waals surface area contributed by atoms with Gasteiger partial charge in [-0.1, -0.05) is 27.7 Å². The van der Waals surface area contributed by atoms with Crippen molar-refractivity contribution in [2.45, 2.75) is 58.4 Å². The minimum absolute atomic E-state index is 0.0290. The second kappa shape index (κ2) is 4.61. The molecule has 2 heterocycles. The molecule has 2 aromatic heterocycles. The molecule has 2 N–H and O–H groups in total. The van der Waals surface area contributed by atoms with E-state index in [4.69, 9.17) is 10.7 Å². The molecule has 1 fully saturated rings. The Morgan fingerprint density at radius 2 is 2.00 bits per heavy atom. The molecule has 0 atom stereocenters. The number of nitrogens with two attached hydrogens (primary N) is 1. The van der Waals surface area contributed by atoms with Crippen molar-refractivity contribution in [2.24, 2.45) is 7.05 Å². The molecular weight excluding hydrogens is 262 g/mol. The molecule has 21 heavy (non-hydrogen) atoms. The van der Waals surface area contributed by atoms with Crippen molar-refractivity contribution in [1.29, 1.82) is 0 Å². The minimum Gasteiger partial charge on any atom is -0.383 e. The Labute approximate surface area is 126 Å². The lowest BCUT2D eigenvalue weighted by atomic mass is 9.89. The van der Waals surface area contributed by atoms with Crippen molar-refractivity contribution < 1.29 is 0 Å². The van der Waals surface area contributed by atoms with E-state index in [0.717, 1.165) is 35.0 Å². The molecule has 0 saturated heterocycles. The van der Waals surface area contributed by atoms with E-state index in [0.29, 0.717) is 6.04 Å². The van der Waals surface area contributed by atoms with Gasteiger partial charge < -0.3 is 10.3 Å². The van der Waals surface area contributed by atoms with E-state index in [1.807, 2.05) is 17.9 Å². The van der Waals surface area contributed by atoms with Crippen LogP contribution in [0.3, 0.4) is 0 Å². The van der Waals surface area contributed by atoms with Gasteiger partial charge in [-0.2, -0.15) is 5.10 Å². The Kier molecular flexibility index (Phi) is 3.11. The Balaban J connectivity index is 2.17. The van der Waals surface area contributed by atoms with E-state index in [2.05, 4.69) is 37.4 Å². The van der Waals surface area contributed by atoms with Gasteiger partial charge in [0, 0.05) is 36.7 Å². The van der Waals surface area contributed by atoms with Gasteiger partial charge in [-0.3, -0.25) is 4.68 Å². The first-order valence-electron chi connectivity index (χ1n) is 7.74. The molecule has 0 radical (unpaired) electrons. The molecule has 1 aliphatic rings. The van der Waals surface area contributed by atoms with Crippen LogP contribution in [-0.2, 0) is 18.9 Å². The number of anilines is 1. The van der Waals surface area contributed by atoms with Crippen LogP contribution >= 0.6 is 0 Å². The number of hydrogen-bond donors (Lipinski definition) is 1. The SMILES string of the molecule is CCc1nc(-c2cn(C)nc2C(C)(C)C)c(N)n1C1CC1. The van der Waals surface area contributed by atoms with Gasteiger partial charge in [0.05, 0.1) is 5.69 Å². The van der Waals surface area contributed by atoms with Gasteiger partial charge in [0.25, 0.3) is 0 Å². The van der Waals surface area contributed by atoms with Crippen molar-refractivity contribution in [2.75, 3.05) is 5.73 Å². The summed E-state index contributed by atoms with van der Waals surface area (Å²) in [5.74, 6) is 1.89. The average molecular weight is 287 g/mol. The number of aryl methyl sites for hydroxylation is 2. The second-order valence-electron chi connectivity index (χ2n) is 7.03. The Hall–Kier alpha value is -1.78. The summed E-state index contributed by atoms with van der Waals surface area (Å²) in [6, 6.07) is 0.552. The summed E-state index contributed by atoms with van der Waals surface area (Å²) < 4.78 is 4.09. The fourth-order valence-corrected chi connectivity index (χ4v) is 2.90. The van der Waals surface area contributed by atoms with E-state index in [9.17, 15) is 0 Å². The summed E-state index contributed by atoms with van der Waals surface area (Å²) in [6.45, 7) is 8.66. The molecule has 1 aliphatic carbocycles. The number of nitrogen functional groups attached to an aromatic ring is 1. The normalized spacial score (nSPS) is 15.7. The maximum atomic E-state index is 6.44. The predicted octanol–water partition coefficient (Wildman–Crippen LogP) is 3.06. The van der Waals surface area contributed by atoms with Crippen LogP contribution in [-0.4, -0.2) is 19.3 Å². The fraction of sp³-hybridized carbons (Fsp3) is 0.625. The van der Waals surface area contributed by atoms with Crippen molar-refractivity contribution in [3.63, 3.8) is 0 Å². The minimum atomic E-state index is -0.0290. The summed E-state index contributed by atoms with van der Waals surface area (Å²) in [6.07, 6.45) is 5.38. The first-order valence-corrected chi connectivity index (χ1v) is 7.74. The Morgan fingerprint density at radius 1 is 1.33 bits per heavy atom. The van der Waals surface area contributed by atoms with Crippen LogP contribution in [0.15, 0.2) is 6.20 Å². The molecule has 5 nitrogen and oxygen atoms in total. The van der Waals surface area contributed by atoms with Crippen molar-refractivity contribution in [3.05, 3.63) is 17.7 Å². The first-order chi connectivity index (χ1) is 9.82. The quantitative estimate of drug-likeness (QED) is 0.943. The molecule has 2 aromatic rings. The van der Waals surface area contributed by atoms with E-state index in [1.165, 1.54) is 12.8 Å². The van der Waals surface area contributed by atoms with Crippen molar-refractivity contribution >= 4 is 5.82 Å². The van der Waals surface area contributed by atoms with Crippen LogP contribution in [0.2, 0.25) is 0 Å². The van der Waals surface area contributed by atoms with Crippen LogP contribution in [0.25, 0.3) is 11.3 Å². The first kappa shape index (κ1) is 14.2. The molecule has 0 aliphatic heterocycles. The van der Waals surface area contributed by atoms with Crippen LogP contribution < -0.4 is 5.73 Å². The predicted molar refractivity (Wildman–Crippen MR) is 85.2 cm³/mol. The zero-order valence-corrected chi connectivity index (χ0v) is 13.6. The lowest BCUT2D eigenvalue weighted by Gasteiger charge is -2.17. The highest BCUT2D eigenvalue weighted by Crippen LogP contribution is 2.42. The molecule has 0 spiro atoms. The highest BCUT2D eigenvalue weighted by molar-refractivity contribution is 5.73. The summed E-state index contributed by atoms with van der Waals surface area (Å²) in [4.78, 5) is 4.83. The monoisotopic (exact) mass is 287 g/mol. The summed E-state index contributed by atoms with van der Waals surface area (Å²) in [5.41, 5.74) is 9.43. The van der Waals surface area contributed by atoms with E-state index < -0.39 is 0 Å². The third kappa shape index (κ3) is 2.34. The number of nitrogens with zero attached hydrogens (tertiary/aromatic N) is 4. The molecule has 1 saturated carbocycles. The molecule has 114 valence electrons. The molecule has 0 unspecified atom stereocenters. The maximum Gasteiger partial charge on any atom is 0.132 e. The van der Waals surface area contributed by atoms with E-state index >= 15 is 0 Å². The largest absolute Gasteiger partial charge is 0.383 e. The van der Waals surface area contributed by atoms with Gasteiger partial charge in [0.15, 0.2) is 0 Å². The standard InChI is InChI=1S/C16H25N5/c1-6-12-18-13(15(17)21(12)10-7-8-10)11-9-20(5)19-14(11)16(2,3)4/h9-10H,6-8,17H2,1-5H3. The number of rotatable bonds is 3. The zero-order chi connectivity index (χ0) is 15.4. The average Bonchev–Trinajstić information content (AvgIpc) is 3.06. The molecule has 0 amide bonds. The Morgan fingerprint density at radius 3 is 2.52 bits per heavy atom. The fourth-order valence-electron chi connectivity index (χ4n) is 2.90. The smallest absolute Gasteiger partial charge is 0.132 e. The molecular formula is C16H25N5. The summed E-state index contributed by atoms with van der Waals surface area (Å²) in [5, 5.41) is 4.64. The lowest BCUT2D eigenvalue weighted by molar-refractivity contribution is 0.554. The van der Waals surface area contributed by atoms with Crippen LogP contribution in [0.4, 0.5) is 5.82 Å². The molecule has 5 heteroatoms. The number of aromatic nitrogens is 4. The van der Waals surface area contributed by atoms with Gasteiger partial charge in [-0.15, -0.1) is 0 Å². The topological polar surface area (TPSA) is 61.7 Å². The highest BCUT2D eigenvalue weighted by atomic mass is 15.3. The lowest BCUT2D eigenvalue weighted by Crippen LogP contribution is -2.14. The Bertz CT molecular complexity index is 668. The molecule has 0 aromatic carbocycles. The van der Waals surface area contributed by atoms with Crippen LogP contribution in [0.1, 0.15) is 58.1 Å².